The molecule has 96 valence electrons. The summed E-state index contributed by atoms with van der Waals surface area (Å²) >= 11 is 0. The molecule has 0 atom stereocenters. The number of halogens is 1. The van der Waals surface area contributed by atoms with E-state index in [1.165, 1.54) is 12.1 Å². The minimum atomic E-state index is -0.274. The summed E-state index contributed by atoms with van der Waals surface area (Å²) in [7, 11) is 0. The lowest BCUT2D eigenvalue weighted by Gasteiger charge is -2.12. The predicted molar refractivity (Wildman–Crippen MR) is 71.7 cm³/mol. The van der Waals surface area contributed by atoms with Gasteiger partial charge in [0.25, 0.3) is 0 Å². The molecule has 1 aromatic carbocycles. The fraction of sp³-hybridized carbons (Fsp3) is 0.357. The van der Waals surface area contributed by atoms with E-state index in [1.807, 2.05) is 16.9 Å². The van der Waals surface area contributed by atoms with Gasteiger partial charge in [-0.2, -0.15) is 5.10 Å². The maximum atomic E-state index is 13.2. The van der Waals surface area contributed by atoms with Crippen LogP contribution < -0.4 is 5.73 Å². The molecule has 2 aromatic rings. The molecule has 18 heavy (non-hydrogen) atoms. The SMILES string of the molecule is CCC(CC)n1cc(N)c(-c2cccc(F)c2)n1. The molecular formula is C14H18FN3. The molecule has 3 nitrogen and oxygen atoms in total. The molecule has 0 saturated heterocycles. The largest absolute Gasteiger partial charge is 0.396 e. The number of rotatable bonds is 4. The molecule has 1 aromatic heterocycles. The first-order valence-electron chi connectivity index (χ1n) is 6.26. The molecule has 2 N–H and O–H groups in total. The van der Waals surface area contributed by atoms with Gasteiger partial charge < -0.3 is 5.73 Å². The number of aromatic nitrogens is 2. The molecule has 4 heteroatoms. The smallest absolute Gasteiger partial charge is 0.123 e. The lowest BCUT2D eigenvalue weighted by atomic mass is 10.1. The van der Waals surface area contributed by atoms with Crippen molar-refractivity contribution in [3.05, 3.63) is 36.3 Å². The summed E-state index contributed by atoms with van der Waals surface area (Å²) in [5, 5.41) is 4.49. The van der Waals surface area contributed by atoms with Crippen molar-refractivity contribution >= 4 is 5.69 Å². The molecule has 0 amide bonds. The predicted octanol–water partition coefficient (Wildman–Crippen LogP) is 3.63. The normalized spacial score (nSPS) is 11.1. The minimum absolute atomic E-state index is 0.274. The number of hydrogen-bond donors (Lipinski definition) is 1. The molecule has 0 aliphatic heterocycles. The van der Waals surface area contributed by atoms with Crippen LogP contribution in [0, 0.1) is 5.82 Å². The lowest BCUT2D eigenvalue weighted by molar-refractivity contribution is 0.429. The van der Waals surface area contributed by atoms with Crippen LogP contribution in [-0.2, 0) is 0 Å². The lowest BCUT2D eigenvalue weighted by Crippen LogP contribution is -2.07. The molecule has 0 radical (unpaired) electrons. The average molecular weight is 247 g/mol. The summed E-state index contributed by atoms with van der Waals surface area (Å²) in [6.07, 6.45) is 3.83. The molecular weight excluding hydrogens is 229 g/mol. The second-order valence-electron chi connectivity index (χ2n) is 4.39. The third kappa shape index (κ3) is 2.37. The zero-order valence-electron chi connectivity index (χ0n) is 10.7. The number of anilines is 1. The number of hydrogen-bond acceptors (Lipinski definition) is 2. The van der Waals surface area contributed by atoms with E-state index in [0.717, 1.165) is 18.4 Å². The highest BCUT2D eigenvalue weighted by Gasteiger charge is 2.13. The Morgan fingerprint density at radius 3 is 2.67 bits per heavy atom. The molecule has 0 saturated carbocycles. The van der Waals surface area contributed by atoms with Gasteiger partial charge in [-0.1, -0.05) is 26.0 Å². The van der Waals surface area contributed by atoms with Gasteiger partial charge in [0.2, 0.25) is 0 Å². The Hall–Kier alpha value is -1.84. The number of nitrogens with zero attached hydrogens (tertiary/aromatic N) is 2. The first-order valence-corrected chi connectivity index (χ1v) is 6.26. The van der Waals surface area contributed by atoms with E-state index in [-0.39, 0.29) is 5.82 Å². The highest BCUT2D eigenvalue weighted by atomic mass is 19.1. The van der Waals surface area contributed by atoms with Crippen molar-refractivity contribution in [2.75, 3.05) is 5.73 Å². The summed E-state index contributed by atoms with van der Waals surface area (Å²) in [4.78, 5) is 0. The van der Waals surface area contributed by atoms with E-state index in [2.05, 4.69) is 18.9 Å². The summed E-state index contributed by atoms with van der Waals surface area (Å²) in [5.74, 6) is -0.274. The van der Waals surface area contributed by atoms with Crippen LogP contribution in [0.5, 0.6) is 0 Å². The van der Waals surface area contributed by atoms with Crippen LogP contribution in [0.1, 0.15) is 32.7 Å². The maximum absolute atomic E-state index is 13.2. The zero-order valence-corrected chi connectivity index (χ0v) is 10.7. The van der Waals surface area contributed by atoms with Gasteiger partial charge in [0.15, 0.2) is 0 Å². The number of nitrogens with two attached hydrogens (primary N) is 1. The number of benzene rings is 1. The van der Waals surface area contributed by atoms with Crippen LogP contribution >= 0.6 is 0 Å². The first-order chi connectivity index (χ1) is 8.65. The molecule has 0 unspecified atom stereocenters. The average Bonchev–Trinajstić information content (AvgIpc) is 2.73. The quantitative estimate of drug-likeness (QED) is 0.896. The van der Waals surface area contributed by atoms with E-state index in [1.54, 1.807) is 6.07 Å². The Morgan fingerprint density at radius 1 is 1.33 bits per heavy atom. The molecule has 1 heterocycles. The van der Waals surface area contributed by atoms with Crippen LogP contribution in [-0.4, -0.2) is 9.78 Å². The molecule has 0 bridgehead atoms. The molecule has 0 aliphatic rings. The van der Waals surface area contributed by atoms with Crippen molar-refractivity contribution in [3.8, 4) is 11.3 Å². The summed E-state index contributed by atoms with van der Waals surface area (Å²) in [6, 6.07) is 6.70. The van der Waals surface area contributed by atoms with Gasteiger partial charge in [-0.25, -0.2) is 4.39 Å². The Balaban J connectivity index is 2.40. The highest BCUT2D eigenvalue weighted by Crippen LogP contribution is 2.27. The van der Waals surface area contributed by atoms with Gasteiger partial charge in [0, 0.05) is 11.8 Å². The van der Waals surface area contributed by atoms with Gasteiger partial charge >= 0.3 is 0 Å². The fourth-order valence-electron chi connectivity index (χ4n) is 2.12. The van der Waals surface area contributed by atoms with Gasteiger partial charge in [0.1, 0.15) is 11.5 Å². The van der Waals surface area contributed by atoms with Crippen molar-refractivity contribution in [2.45, 2.75) is 32.7 Å². The Morgan fingerprint density at radius 2 is 2.06 bits per heavy atom. The van der Waals surface area contributed by atoms with Crippen molar-refractivity contribution in [2.24, 2.45) is 0 Å². The van der Waals surface area contributed by atoms with Crippen LogP contribution in [0.2, 0.25) is 0 Å². The van der Waals surface area contributed by atoms with Gasteiger partial charge in [0.05, 0.1) is 11.7 Å². The van der Waals surface area contributed by atoms with Gasteiger partial charge in [-0.15, -0.1) is 0 Å². The molecule has 0 fully saturated rings. The third-order valence-corrected chi connectivity index (χ3v) is 3.17. The second kappa shape index (κ2) is 5.21. The molecule has 0 spiro atoms. The monoisotopic (exact) mass is 247 g/mol. The highest BCUT2D eigenvalue weighted by molar-refractivity contribution is 5.71. The maximum Gasteiger partial charge on any atom is 0.123 e. The van der Waals surface area contributed by atoms with Gasteiger partial charge in [-0.3, -0.25) is 4.68 Å². The van der Waals surface area contributed by atoms with Crippen molar-refractivity contribution in [3.63, 3.8) is 0 Å². The van der Waals surface area contributed by atoms with E-state index in [4.69, 9.17) is 5.73 Å². The van der Waals surface area contributed by atoms with Crippen molar-refractivity contribution in [1.82, 2.24) is 9.78 Å². The molecule has 2 rings (SSSR count). The van der Waals surface area contributed by atoms with Crippen LogP contribution in [0.3, 0.4) is 0 Å². The standard InChI is InChI=1S/C14H18FN3/c1-3-12(4-2)18-9-13(16)14(17-18)10-6-5-7-11(15)8-10/h5-9,12H,3-4,16H2,1-2H3. The van der Waals surface area contributed by atoms with E-state index in [9.17, 15) is 4.39 Å². The third-order valence-electron chi connectivity index (χ3n) is 3.17. The molecule has 0 aliphatic carbocycles. The minimum Gasteiger partial charge on any atom is -0.396 e. The van der Waals surface area contributed by atoms with Crippen LogP contribution in [0.25, 0.3) is 11.3 Å². The summed E-state index contributed by atoms with van der Waals surface area (Å²) < 4.78 is 15.1. The van der Waals surface area contributed by atoms with Crippen LogP contribution in [0.15, 0.2) is 30.5 Å². The Kier molecular flexibility index (Phi) is 3.65. The Labute approximate surface area is 106 Å². The number of nitrogen functional groups attached to an aromatic ring is 1. The second-order valence-corrected chi connectivity index (χ2v) is 4.39. The summed E-state index contributed by atoms with van der Waals surface area (Å²) in [6.45, 7) is 4.24. The van der Waals surface area contributed by atoms with E-state index in [0.29, 0.717) is 17.4 Å². The Bertz CT molecular complexity index is 530. The van der Waals surface area contributed by atoms with Crippen molar-refractivity contribution < 1.29 is 4.39 Å². The summed E-state index contributed by atoms with van der Waals surface area (Å²) in [5.41, 5.74) is 7.93. The first kappa shape index (κ1) is 12.6. The topological polar surface area (TPSA) is 43.8 Å². The van der Waals surface area contributed by atoms with Crippen molar-refractivity contribution in [1.29, 1.82) is 0 Å². The zero-order chi connectivity index (χ0) is 13.1. The van der Waals surface area contributed by atoms with Gasteiger partial charge in [-0.05, 0) is 25.0 Å². The van der Waals surface area contributed by atoms with E-state index < -0.39 is 0 Å². The van der Waals surface area contributed by atoms with Crippen LogP contribution in [0.4, 0.5) is 10.1 Å². The van der Waals surface area contributed by atoms with E-state index >= 15 is 0 Å². The fourth-order valence-corrected chi connectivity index (χ4v) is 2.12.